The maximum Gasteiger partial charge on any atom is 0.248 e. The summed E-state index contributed by atoms with van der Waals surface area (Å²) in [6.07, 6.45) is 3.29. The van der Waals surface area contributed by atoms with E-state index >= 15 is 0 Å². The predicted octanol–water partition coefficient (Wildman–Crippen LogP) is 3.88. The monoisotopic (exact) mass is 356 g/mol. The van der Waals surface area contributed by atoms with Gasteiger partial charge in [0.05, 0.1) is 4.90 Å². The van der Waals surface area contributed by atoms with Crippen molar-refractivity contribution < 1.29 is 9.00 Å². The van der Waals surface area contributed by atoms with Crippen molar-refractivity contribution in [3.05, 3.63) is 65.7 Å². The minimum absolute atomic E-state index is 0.114. The van der Waals surface area contributed by atoms with E-state index in [1.165, 1.54) is 11.6 Å². The van der Waals surface area contributed by atoms with Gasteiger partial charge in [-0.05, 0) is 53.9 Å². The quantitative estimate of drug-likeness (QED) is 0.799. The zero-order valence-corrected chi connectivity index (χ0v) is 15.8. The first-order chi connectivity index (χ1) is 11.8. The molecule has 2 aromatic carbocycles. The topological polar surface area (TPSA) is 58.2 Å². The molecule has 0 saturated carbocycles. The molecule has 4 nitrogen and oxygen atoms in total. The minimum Gasteiger partial charge on any atom is -0.323 e. The van der Waals surface area contributed by atoms with E-state index in [1.807, 2.05) is 12.1 Å². The van der Waals surface area contributed by atoms with Crippen molar-refractivity contribution in [2.75, 3.05) is 12.4 Å². The fourth-order valence-corrected chi connectivity index (χ4v) is 2.85. The van der Waals surface area contributed by atoms with Gasteiger partial charge in [0.15, 0.2) is 0 Å². The minimum atomic E-state index is -1.22. The molecule has 0 bridgehead atoms. The Morgan fingerprint density at radius 2 is 1.60 bits per heavy atom. The van der Waals surface area contributed by atoms with Crippen LogP contribution in [0.3, 0.4) is 0 Å². The first kappa shape index (κ1) is 19.1. The Kier molecular flexibility index (Phi) is 6.28. The summed E-state index contributed by atoms with van der Waals surface area (Å²) in [6, 6.07) is 15.1. The van der Waals surface area contributed by atoms with Crippen LogP contribution in [0.15, 0.2) is 59.5 Å². The van der Waals surface area contributed by atoms with Crippen molar-refractivity contribution in [2.45, 2.75) is 31.1 Å². The zero-order chi connectivity index (χ0) is 18.4. The molecule has 0 saturated heterocycles. The summed E-state index contributed by atoms with van der Waals surface area (Å²) >= 11 is 0. The van der Waals surface area contributed by atoms with Gasteiger partial charge < -0.3 is 5.32 Å². The molecule has 0 aliphatic rings. The molecular weight excluding hydrogens is 332 g/mol. The van der Waals surface area contributed by atoms with Crippen molar-refractivity contribution in [1.82, 2.24) is 4.72 Å². The largest absolute Gasteiger partial charge is 0.323 e. The summed E-state index contributed by atoms with van der Waals surface area (Å²) in [5.41, 5.74) is 3.01. The Balaban J connectivity index is 1.97. The van der Waals surface area contributed by atoms with Crippen LogP contribution in [-0.2, 0) is 21.2 Å². The lowest BCUT2D eigenvalue weighted by molar-refractivity contribution is -0.111. The normalized spacial score (nSPS) is 13.0. The molecule has 1 atom stereocenters. The van der Waals surface area contributed by atoms with E-state index in [2.05, 4.69) is 42.9 Å². The Morgan fingerprint density at radius 3 is 2.12 bits per heavy atom. The number of benzene rings is 2. The van der Waals surface area contributed by atoms with Crippen LogP contribution in [0.1, 0.15) is 31.9 Å². The average Bonchev–Trinajstić information content (AvgIpc) is 2.59. The highest BCUT2D eigenvalue weighted by atomic mass is 32.2. The van der Waals surface area contributed by atoms with Crippen LogP contribution in [0.2, 0.25) is 0 Å². The highest BCUT2D eigenvalue weighted by molar-refractivity contribution is 7.83. The number of hydrogen-bond acceptors (Lipinski definition) is 2. The maximum atomic E-state index is 12.0. The predicted molar refractivity (Wildman–Crippen MR) is 105 cm³/mol. The molecule has 2 N–H and O–H groups in total. The zero-order valence-electron chi connectivity index (χ0n) is 15.0. The molecule has 2 rings (SSSR count). The van der Waals surface area contributed by atoms with Crippen LogP contribution in [0, 0.1) is 0 Å². The molecule has 0 aromatic heterocycles. The fraction of sp³-hybridized carbons (Fsp3) is 0.250. The van der Waals surface area contributed by atoms with Crippen LogP contribution in [0.25, 0.3) is 6.08 Å². The lowest BCUT2D eigenvalue weighted by atomic mass is 9.87. The summed E-state index contributed by atoms with van der Waals surface area (Å²) in [5, 5.41) is 2.79. The van der Waals surface area contributed by atoms with E-state index in [9.17, 15) is 9.00 Å². The molecule has 132 valence electrons. The molecule has 0 fully saturated rings. The van der Waals surface area contributed by atoms with Crippen molar-refractivity contribution in [3.63, 3.8) is 0 Å². The van der Waals surface area contributed by atoms with Crippen molar-refractivity contribution in [2.24, 2.45) is 0 Å². The SMILES string of the molecule is CNS(=O)c1ccc(NC(=O)/C=C/c2ccc(C(C)(C)C)cc2)cc1. The Morgan fingerprint density at radius 1 is 1.00 bits per heavy atom. The molecule has 0 spiro atoms. The van der Waals surface area contributed by atoms with Gasteiger partial charge in [0.1, 0.15) is 11.0 Å². The second-order valence-corrected chi connectivity index (χ2v) is 8.11. The van der Waals surface area contributed by atoms with E-state index in [4.69, 9.17) is 0 Å². The fourth-order valence-electron chi connectivity index (χ4n) is 2.23. The molecule has 1 unspecified atom stereocenters. The number of amides is 1. The van der Waals surface area contributed by atoms with Crippen LogP contribution >= 0.6 is 0 Å². The number of rotatable bonds is 5. The lowest BCUT2D eigenvalue weighted by Gasteiger charge is -2.18. The lowest BCUT2D eigenvalue weighted by Crippen LogP contribution is -2.11. The third kappa shape index (κ3) is 5.66. The Hall–Kier alpha value is -2.24. The molecule has 0 heterocycles. The first-order valence-electron chi connectivity index (χ1n) is 8.08. The van der Waals surface area contributed by atoms with Gasteiger partial charge in [0.2, 0.25) is 5.91 Å². The van der Waals surface area contributed by atoms with Crippen LogP contribution in [0.4, 0.5) is 5.69 Å². The van der Waals surface area contributed by atoms with Crippen molar-refractivity contribution in [3.8, 4) is 0 Å². The second-order valence-electron chi connectivity index (χ2n) is 6.69. The highest BCUT2D eigenvalue weighted by Crippen LogP contribution is 2.22. The van der Waals surface area contributed by atoms with Gasteiger partial charge in [-0.25, -0.2) is 8.93 Å². The number of nitrogens with one attached hydrogen (secondary N) is 2. The molecule has 25 heavy (non-hydrogen) atoms. The third-order valence-electron chi connectivity index (χ3n) is 3.73. The standard InChI is InChI=1S/C20H24N2O2S/c1-20(2,3)16-8-5-15(6-9-16)7-14-19(23)22-17-10-12-18(13-11-17)25(24)21-4/h5-14,21H,1-4H3,(H,22,23)/b14-7+. The van der Waals surface area contributed by atoms with E-state index < -0.39 is 11.0 Å². The smallest absolute Gasteiger partial charge is 0.248 e. The number of hydrogen-bond donors (Lipinski definition) is 2. The van der Waals surface area contributed by atoms with Crippen molar-refractivity contribution in [1.29, 1.82) is 0 Å². The van der Waals surface area contributed by atoms with Gasteiger partial charge in [-0.1, -0.05) is 45.0 Å². The molecular formula is C20H24N2O2S. The van der Waals surface area contributed by atoms with Crippen LogP contribution in [0.5, 0.6) is 0 Å². The number of anilines is 1. The summed E-state index contributed by atoms with van der Waals surface area (Å²) in [5.74, 6) is -0.206. The summed E-state index contributed by atoms with van der Waals surface area (Å²) in [6.45, 7) is 6.51. The number of carbonyl (C=O) groups is 1. The van der Waals surface area contributed by atoms with Crippen LogP contribution in [-0.4, -0.2) is 17.2 Å². The van der Waals surface area contributed by atoms with Gasteiger partial charge in [-0.15, -0.1) is 0 Å². The van der Waals surface area contributed by atoms with Gasteiger partial charge in [0.25, 0.3) is 0 Å². The first-order valence-corrected chi connectivity index (χ1v) is 9.23. The Labute approximate surface area is 151 Å². The van der Waals surface area contributed by atoms with E-state index in [1.54, 1.807) is 37.4 Å². The summed E-state index contributed by atoms with van der Waals surface area (Å²) in [7, 11) is 0.405. The number of carbonyl (C=O) groups excluding carboxylic acids is 1. The van der Waals surface area contributed by atoms with E-state index in [-0.39, 0.29) is 11.3 Å². The molecule has 1 amide bonds. The third-order valence-corrected chi connectivity index (χ3v) is 4.80. The van der Waals surface area contributed by atoms with Crippen LogP contribution < -0.4 is 10.0 Å². The van der Waals surface area contributed by atoms with Gasteiger partial charge >= 0.3 is 0 Å². The van der Waals surface area contributed by atoms with E-state index in [0.717, 1.165) is 5.56 Å². The van der Waals surface area contributed by atoms with E-state index in [0.29, 0.717) is 10.6 Å². The maximum absolute atomic E-state index is 12.0. The van der Waals surface area contributed by atoms with Gasteiger partial charge in [0, 0.05) is 11.8 Å². The summed E-state index contributed by atoms with van der Waals surface area (Å²) in [4.78, 5) is 12.7. The molecule has 0 radical (unpaired) electrons. The molecule has 2 aromatic rings. The highest BCUT2D eigenvalue weighted by Gasteiger charge is 2.12. The average molecular weight is 356 g/mol. The van der Waals surface area contributed by atoms with Gasteiger partial charge in [-0.3, -0.25) is 4.79 Å². The molecule has 0 aliphatic carbocycles. The van der Waals surface area contributed by atoms with Gasteiger partial charge in [-0.2, -0.15) is 0 Å². The molecule has 0 aliphatic heterocycles. The Bertz CT molecular complexity index is 773. The second kappa shape index (κ2) is 8.23. The molecule has 5 heteroatoms. The summed E-state index contributed by atoms with van der Waals surface area (Å²) < 4.78 is 14.3. The van der Waals surface area contributed by atoms with Crippen molar-refractivity contribution >= 4 is 28.7 Å².